The number of fused-ring (bicyclic) bond motifs is 3. The molecular weight excluding hydrogens is 826 g/mol. The van der Waals surface area contributed by atoms with Crippen LogP contribution in [0.4, 0.5) is 4.79 Å². The van der Waals surface area contributed by atoms with Crippen molar-refractivity contribution in [3.05, 3.63) is 267 Å². The van der Waals surface area contributed by atoms with Gasteiger partial charge in [0.25, 0.3) is 0 Å². The number of hydrogen-bond donors (Lipinski definition) is 1. The maximum atomic E-state index is 14.6. The third kappa shape index (κ3) is 9.17. The zero-order valence-electron chi connectivity index (χ0n) is 36.2. The molecule has 7 heteroatoms. The molecule has 0 saturated heterocycles. The molecule has 0 fully saturated rings. The summed E-state index contributed by atoms with van der Waals surface area (Å²) in [7, 11) is 0. The van der Waals surface area contributed by atoms with E-state index in [2.05, 4.69) is 29.6 Å². The lowest BCUT2D eigenvalue weighted by Gasteiger charge is -2.37. The van der Waals surface area contributed by atoms with Crippen molar-refractivity contribution in [2.75, 3.05) is 6.61 Å². The second-order valence-electron chi connectivity index (χ2n) is 16.5. The summed E-state index contributed by atoms with van der Waals surface area (Å²) in [5.41, 5.74) is 10.5. The summed E-state index contributed by atoms with van der Waals surface area (Å²) in [6.45, 7) is 4.13. The summed E-state index contributed by atoms with van der Waals surface area (Å²) in [5, 5.41) is 3.47. The number of nitrogens with one attached hydrogen (secondary N) is 1. The smallest absolute Gasteiger partial charge is 0.407 e. The SMILES string of the molecule is Cc1ccc(C(OC(=O)[C@H](Cc2ccc(OC(c3ccccc3)(c3ccccc3)c3ccccc3Cl)cc2)NC(=O)OCC2c3ccccc3-c3ccccc32)c2ccc(C)cc2)cc1. The van der Waals surface area contributed by atoms with Gasteiger partial charge in [-0.15, -0.1) is 0 Å². The van der Waals surface area contributed by atoms with Gasteiger partial charge in [0.15, 0.2) is 11.7 Å². The first kappa shape index (κ1) is 42.9. The van der Waals surface area contributed by atoms with Gasteiger partial charge in [-0.05, 0) is 71.0 Å². The number of carbonyl (C=O) groups excluding carboxylic acids is 2. The molecular formula is C58H48ClNO5. The van der Waals surface area contributed by atoms with Gasteiger partial charge < -0.3 is 19.5 Å². The Balaban J connectivity index is 1.02. The number of halogens is 1. The molecule has 0 saturated carbocycles. The lowest BCUT2D eigenvalue weighted by atomic mass is 9.80. The normalized spacial score (nSPS) is 12.5. The van der Waals surface area contributed by atoms with E-state index in [1.807, 2.05) is 196 Å². The molecule has 8 aromatic carbocycles. The summed E-state index contributed by atoms with van der Waals surface area (Å²) >= 11 is 6.99. The fourth-order valence-corrected chi connectivity index (χ4v) is 9.10. The first-order valence-corrected chi connectivity index (χ1v) is 22.2. The number of carbonyl (C=O) groups is 2. The van der Waals surface area contributed by atoms with Crippen LogP contribution in [-0.4, -0.2) is 24.7 Å². The van der Waals surface area contributed by atoms with Crippen LogP contribution in [0.1, 0.15) is 67.7 Å². The Labute approximate surface area is 385 Å². The van der Waals surface area contributed by atoms with Gasteiger partial charge in [-0.1, -0.05) is 211 Å². The first-order valence-electron chi connectivity index (χ1n) is 21.9. The van der Waals surface area contributed by atoms with Gasteiger partial charge in [0.05, 0.1) is 0 Å². The molecule has 1 atom stereocenters. The van der Waals surface area contributed by atoms with E-state index >= 15 is 0 Å². The lowest BCUT2D eigenvalue weighted by Crippen LogP contribution is -2.44. The Bertz CT molecular complexity index is 2770. The average molecular weight is 874 g/mol. The Morgan fingerprint density at radius 2 is 1.08 bits per heavy atom. The van der Waals surface area contributed by atoms with Crippen LogP contribution in [0, 0.1) is 13.8 Å². The summed E-state index contributed by atoms with van der Waals surface area (Å²) < 4.78 is 19.5. The van der Waals surface area contributed by atoms with E-state index in [1.54, 1.807) is 0 Å². The Hall–Kier alpha value is -7.41. The minimum absolute atomic E-state index is 0.0963. The molecule has 0 spiro atoms. The molecule has 322 valence electrons. The summed E-state index contributed by atoms with van der Waals surface area (Å²) in [5.74, 6) is -0.178. The van der Waals surface area contributed by atoms with Crippen molar-refractivity contribution in [3.8, 4) is 16.9 Å². The van der Waals surface area contributed by atoms with E-state index in [0.717, 1.165) is 66.8 Å². The predicted molar refractivity (Wildman–Crippen MR) is 257 cm³/mol. The van der Waals surface area contributed by atoms with E-state index in [4.69, 9.17) is 25.8 Å². The number of aryl methyl sites for hydroxylation is 2. The number of alkyl carbamates (subject to hydrolysis) is 1. The van der Waals surface area contributed by atoms with E-state index < -0.39 is 29.8 Å². The third-order valence-electron chi connectivity index (χ3n) is 12.2. The molecule has 9 rings (SSSR count). The van der Waals surface area contributed by atoms with Gasteiger partial charge in [0, 0.05) is 34.1 Å². The maximum Gasteiger partial charge on any atom is 0.407 e. The van der Waals surface area contributed by atoms with Crippen molar-refractivity contribution < 1.29 is 23.8 Å². The van der Waals surface area contributed by atoms with E-state index in [-0.39, 0.29) is 18.9 Å². The Morgan fingerprint density at radius 3 is 1.62 bits per heavy atom. The van der Waals surface area contributed by atoms with Crippen molar-refractivity contribution in [2.45, 2.75) is 43.9 Å². The highest BCUT2D eigenvalue weighted by Crippen LogP contribution is 2.46. The van der Waals surface area contributed by atoms with Crippen LogP contribution in [0.3, 0.4) is 0 Å². The third-order valence-corrected chi connectivity index (χ3v) is 12.5. The van der Waals surface area contributed by atoms with Gasteiger partial charge in [-0.25, -0.2) is 9.59 Å². The lowest BCUT2D eigenvalue weighted by molar-refractivity contribution is -0.150. The number of amides is 1. The second-order valence-corrected chi connectivity index (χ2v) is 16.9. The van der Waals surface area contributed by atoms with Gasteiger partial charge in [-0.3, -0.25) is 0 Å². The number of ether oxygens (including phenoxy) is 3. The van der Waals surface area contributed by atoms with Crippen molar-refractivity contribution in [3.63, 3.8) is 0 Å². The molecule has 0 bridgehead atoms. The molecule has 1 N–H and O–H groups in total. The molecule has 0 aliphatic heterocycles. The Morgan fingerprint density at radius 1 is 0.585 bits per heavy atom. The first-order chi connectivity index (χ1) is 31.8. The molecule has 1 aliphatic rings. The van der Waals surface area contributed by atoms with Gasteiger partial charge in [-0.2, -0.15) is 0 Å². The molecule has 0 unspecified atom stereocenters. The number of hydrogen-bond acceptors (Lipinski definition) is 5. The summed E-state index contributed by atoms with van der Waals surface area (Å²) in [4.78, 5) is 28.5. The van der Waals surface area contributed by atoms with Crippen molar-refractivity contribution in [1.82, 2.24) is 5.32 Å². The van der Waals surface area contributed by atoms with Gasteiger partial charge in [0.2, 0.25) is 0 Å². The minimum Gasteiger partial charge on any atom is -0.473 e. The predicted octanol–water partition coefficient (Wildman–Crippen LogP) is 13.1. The van der Waals surface area contributed by atoms with Crippen LogP contribution in [-0.2, 0) is 26.3 Å². The average Bonchev–Trinajstić information content (AvgIpc) is 3.67. The van der Waals surface area contributed by atoms with Gasteiger partial charge >= 0.3 is 12.1 Å². The molecule has 6 nitrogen and oxygen atoms in total. The molecule has 65 heavy (non-hydrogen) atoms. The molecule has 0 radical (unpaired) electrons. The second kappa shape index (κ2) is 19.1. The van der Waals surface area contributed by atoms with Gasteiger partial charge in [0.1, 0.15) is 18.4 Å². The number of benzene rings is 8. The number of esters is 1. The Kier molecular flexibility index (Phi) is 12.6. The van der Waals surface area contributed by atoms with Crippen molar-refractivity contribution in [2.24, 2.45) is 0 Å². The molecule has 0 heterocycles. The summed E-state index contributed by atoms with van der Waals surface area (Å²) in [6.07, 6.45) is -1.32. The highest BCUT2D eigenvalue weighted by molar-refractivity contribution is 6.31. The van der Waals surface area contributed by atoms with E-state index in [1.165, 1.54) is 0 Å². The van der Waals surface area contributed by atoms with Crippen LogP contribution in [0.2, 0.25) is 5.02 Å². The van der Waals surface area contributed by atoms with Crippen LogP contribution in [0.5, 0.6) is 5.75 Å². The molecule has 0 aromatic heterocycles. The topological polar surface area (TPSA) is 73.9 Å². The zero-order valence-corrected chi connectivity index (χ0v) is 37.0. The molecule has 1 aliphatic carbocycles. The summed E-state index contributed by atoms with van der Waals surface area (Å²) in [6, 6.07) is 66.4. The molecule has 1 amide bonds. The maximum absolute atomic E-state index is 14.6. The molecule has 8 aromatic rings. The monoisotopic (exact) mass is 873 g/mol. The van der Waals surface area contributed by atoms with Crippen molar-refractivity contribution >= 4 is 23.7 Å². The quantitative estimate of drug-likeness (QED) is 0.0870. The fraction of sp³-hybridized carbons (Fsp3) is 0.138. The van der Waals surface area contributed by atoms with Crippen LogP contribution >= 0.6 is 11.6 Å². The van der Waals surface area contributed by atoms with E-state index in [9.17, 15) is 9.59 Å². The largest absolute Gasteiger partial charge is 0.473 e. The standard InChI is InChI=1S/C58H48ClNO5/c1-39-25-31-42(32-26-39)55(43-33-27-40(2)28-34-43)64-56(61)54(60-57(62)63-38-51-49-21-11-9-19-47(49)48-20-10-12-22-50(48)51)37-41-29-35-46(36-30-41)65-58(44-15-5-3-6-16-44,45-17-7-4-8-18-45)52-23-13-14-24-53(52)59/h3-36,51,54-55H,37-38H2,1-2H3,(H,60,62)/t54-/m0/s1. The zero-order chi connectivity index (χ0) is 44.8. The van der Waals surface area contributed by atoms with E-state index in [0.29, 0.717) is 10.8 Å². The fourth-order valence-electron chi connectivity index (χ4n) is 8.83. The van der Waals surface area contributed by atoms with Crippen LogP contribution in [0.25, 0.3) is 11.1 Å². The van der Waals surface area contributed by atoms with Crippen molar-refractivity contribution in [1.29, 1.82) is 0 Å². The highest BCUT2D eigenvalue weighted by atomic mass is 35.5. The highest BCUT2D eigenvalue weighted by Gasteiger charge is 2.41. The van der Waals surface area contributed by atoms with Crippen LogP contribution < -0.4 is 10.1 Å². The minimum atomic E-state index is -1.11. The number of rotatable bonds is 14. The van der Waals surface area contributed by atoms with Crippen LogP contribution in [0.15, 0.2) is 206 Å².